The first-order chi connectivity index (χ1) is 14.7. The van der Waals surface area contributed by atoms with Gasteiger partial charge in [0.1, 0.15) is 0 Å². The van der Waals surface area contributed by atoms with Crippen molar-refractivity contribution < 1.29 is 40.7 Å². The van der Waals surface area contributed by atoms with Crippen LogP contribution in [0.4, 0.5) is 31.1 Å². The van der Waals surface area contributed by atoms with Crippen molar-refractivity contribution in [2.45, 2.75) is 44.6 Å². The molecule has 0 N–H and O–H groups in total. The van der Waals surface area contributed by atoms with Crippen molar-refractivity contribution in [3.63, 3.8) is 0 Å². The molecule has 1 aromatic carbocycles. The van der Waals surface area contributed by atoms with Crippen LogP contribution in [0.15, 0.2) is 18.2 Å². The topological polar surface area (TPSA) is 49.9 Å². The second-order valence-corrected chi connectivity index (χ2v) is 8.63. The highest BCUT2D eigenvalue weighted by molar-refractivity contribution is 6.33. The summed E-state index contributed by atoms with van der Waals surface area (Å²) in [5.74, 6) is -0.485. The lowest BCUT2D eigenvalue weighted by atomic mass is 9.78. The number of ether oxygens (including phenoxy) is 1. The van der Waals surface area contributed by atoms with Crippen LogP contribution in [0, 0.1) is 5.41 Å². The normalized spacial score (nSPS) is 19.9. The van der Waals surface area contributed by atoms with Crippen molar-refractivity contribution in [2.24, 2.45) is 5.41 Å². The number of hydrogen-bond donors (Lipinski definition) is 0. The first-order valence-corrected chi connectivity index (χ1v) is 10.3. The lowest BCUT2D eigenvalue weighted by Crippen LogP contribution is -2.46. The van der Waals surface area contributed by atoms with Crippen LogP contribution >= 0.6 is 11.6 Å². The summed E-state index contributed by atoms with van der Waals surface area (Å²) in [7, 11) is 0. The largest absolute Gasteiger partial charge is 0.437 e. The van der Waals surface area contributed by atoms with Crippen LogP contribution < -0.4 is 0 Å². The number of piperidine rings is 1. The van der Waals surface area contributed by atoms with Crippen LogP contribution in [0.1, 0.15) is 42.1 Å². The van der Waals surface area contributed by atoms with Gasteiger partial charge in [-0.15, -0.1) is 0 Å². The molecule has 2 aliphatic heterocycles. The molecule has 32 heavy (non-hydrogen) atoms. The lowest BCUT2D eigenvalue weighted by Gasteiger charge is -2.39. The number of carbonyl (C=O) groups excluding carboxylic acids is 2. The molecule has 5 nitrogen and oxygen atoms in total. The number of likely N-dealkylation sites (tertiary alicyclic amines) is 2. The van der Waals surface area contributed by atoms with E-state index in [9.17, 15) is 35.9 Å². The van der Waals surface area contributed by atoms with Crippen molar-refractivity contribution in [3.05, 3.63) is 34.3 Å². The maximum atomic E-state index is 12.8. The van der Waals surface area contributed by atoms with Crippen molar-refractivity contribution >= 4 is 23.6 Å². The maximum absolute atomic E-state index is 12.8. The molecule has 178 valence electrons. The van der Waals surface area contributed by atoms with E-state index in [4.69, 9.17) is 11.6 Å². The highest BCUT2D eigenvalue weighted by atomic mass is 35.5. The van der Waals surface area contributed by atoms with E-state index in [1.165, 1.54) is 9.80 Å². The number of alkyl halides is 6. The molecular formula is C20H21ClF6N2O3. The summed E-state index contributed by atoms with van der Waals surface area (Å²) in [6, 6.07) is 2.57. The van der Waals surface area contributed by atoms with Crippen molar-refractivity contribution in [1.82, 2.24) is 9.80 Å². The van der Waals surface area contributed by atoms with Gasteiger partial charge in [0.15, 0.2) is 6.10 Å². The smallest absolute Gasteiger partial charge is 0.425 e. The molecule has 1 unspecified atom stereocenters. The average molecular weight is 487 g/mol. The van der Waals surface area contributed by atoms with Crippen LogP contribution in [-0.2, 0) is 10.9 Å². The maximum Gasteiger partial charge on any atom is 0.425 e. The molecule has 1 atom stereocenters. The molecule has 12 heteroatoms. The molecule has 2 fully saturated rings. The number of carbonyl (C=O) groups is 2. The molecule has 0 bridgehead atoms. The number of benzene rings is 1. The standard InChI is InChI=1S/C20H21ClF6N2O3/c1-12(19(22,23)24)32-17(31)28-7-4-18(5-8-28)6-9-29(11-18)16(30)14-3-2-13(10-15(14)21)20(25,26)27/h2-3,10,12H,4-9,11H2,1H3. The van der Waals surface area contributed by atoms with Gasteiger partial charge in [0.05, 0.1) is 16.1 Å². The van der Waals surface area contributed by atoms with E-state index in [1.54, 1.807) is 0 Å². The van der Waals surface area contributed by atoms with E-state index < -0.39 is 36.0 Å². The second kappa shape index (κ2) is 8.64. The van der Waals surface area contributed by atoms with Crippen LogP contribution in [0.2, 0.25) is 5.02 Å². The molecular weight excluding hydrogens is 466 g/mol. The Labute approximate surface area is 185 Å². The summed E-state index contributed by atoms with van der Waals surface area (Å²) in [5.41, 5.74) is -1.30. The zero-order chi connectivity index (χ0) is 23.9. The Kier molecular flexibility index (Phi) is 6.61. The zero-order valence-electron chi connectivity index (χ0n) is 17.0. The fourth-order valence-electron chi connectivity index (χ4n) is 4.01. The Balaban J connectivity index is 1.59. The number of rotatable bonds is 2. The summed E-state index contributed by atoms with van der Waals surface area (Å²) < 4.78 is 80.7. The minimum atomic E-state index is -4.64. The van der Waals surface area contributed by atoms with Crippen LogP contribution in [-0.4, -0.2) is 60.3 Å². The van der Waals surface area contributed by atoms with Gasteiger partial charge in [0.25, 0.3) is 5.91 Å². The monoisotopic (exact) mass is 486 g/mol. The third-order valence-electron chi connectivity index (χ3n) is 6.07. The quantitative estimate of drug-likeness (QED) is 0.528. The minimum absolute atomic E-state index is 0.0288. The van der Waals surface area contributed by atoms with Gasteiger partial charge in [-0.2, -0.15) is 26.3 Å². The summed E-state index contributed by atoms with van der Waals surface area (Å²) in [6.45, 7) is 1.83. The fraction of sp³-hybridized carbons (Fsp3) is 0.600. The van der Waals surface area contributed by atoms with Crippen molar-refractivity contribution in [2.75, 3.05) is 26.2 Å². The van der Waals surface area contributed by atoms with E-state index in [0.29, 0.717) is 38.4 Å². The van der Waals surface area contributed by atoms with Gasteiger partial charge in [0.2, 0.25) is 0 Å². The molecule has 1 spiro atoms. The number of nitrogens with zero attached hydrogens (tertiary/aromatic N) is 2. The molecule has 0 radical (unpaired) electrons. The van der Waals surface area contributed by atoms with Gasteiger partial charge in [-0.05, 0) is 49.8 Å². The summed E-state index contributed by atoms with van der Waals surface area (Å²) in [6.07, 6.45) is -10.9. The summed E-state index contributed by atoms with van der Waals surface area (Å²) in [4.78, 5) is 27.5. The molecule has 0 aromatic heterocycles. The highest BCUT2D eigenvalue weighted by Gasteiger charge is 2.45. The van der Waals surface area contributed by atoms with Crippen LogP contribution in [0.25, 0.3) is 0 Å². The van der Waals surface area contributed by atoms with Gasteiger partial charge in [0, 0.05) is 26.2 Å². The Hall–Kier alpha value is -2.17. The molecule has 2 aliphatic rings. The number of halogens is 7. The first kappa shape index (κ1) is 24.5. The van der Waals surface area contributed by atoms with Gasteiger partial charge in [-0.3, -0.25) is 4.79 Å². The van der Waals surface area contributed by atoms with Crippen LogP contribution in [0.5, 0.6) is 0 Å². The molecule has 2 heterocycles. The van der Waals surface area contributed by atoms with Gasteiger partial charge >= 0.3 is 18.4 Å². The van der Waals surface area contributed by atoms with E-state index >= 15 is 0 Å². The molecule has 3 rings (SSSR count). The van der Waals surface area contributed by atoms with Crippen molar-refractivity contribution in [1.29, 1.82) is 0 Å². The SMILES string of the molecule is CC(OC(=O)N1CCC2(CC1)CCN(C(=O)c1ccc(C(F)(F)F)cc1Cl)C2)C(F)(F)F. The third kappa shape index (κ3) is 5.24. The lowest BCUT2D eigenvalue weighted by molar-refractivity contribution is -0.200. The molecule has 2 amide bonds. The number of amides is 2. The number of hydrogen-bond acceptors (Lipinski definition) is 3. The van der Waals surface area contributed by atoms with E-state index in [2.05, 4.69) is 4.74 Å². The Morgan fingerprint density at radius 3 is 2.09 bits per heavy atom. The predicted molar refractivity (Wildman–Crippen MR) is 102 cm³/mol. The predicted octanol–water partition coefficient (Wildman–Crippen LogP) is 5.37. The molecule has 0 saturated carbocycles. The highest BCUT2D eigenvalue weighted by Crippen LogP contribution is 2.41. The van der Waals surface area contributed by atoms with Gasteiger partial charge in [-0.25, -0.2) is 4.79 Å². The third-order valence-corrected chi connectivity index (χ3v) is 6.39. The van der Waals surface area contributed by atoms with Crippen molar-refractivity contribution in [3.8, 4) is 0 Å². The van der Waals surface area contributed by atoms with Gasteiger partial charge in [-0.1, -0.05) is 11.6 Å². The first-order valence-electron chi connectivity index (χ1n) is 9.90. The summed E-state index contributed by atoms with van der Waals surface area (Å²) in [5, 5.41) is -0.290. The zero-order valence-corrected chi connectivity index (χ0v) is 17.8. The van der Waals surface area contributed by atoms with E-state index in [-0.39, 0.29) is 29.1 Å². The second-order valence-electron chi connectivity index (χ2n) is 8.22. The minimum Gasteiger partial charge on any atom is -0.437 e. The van der Waals surface area contributed by atoms with E-state index in [0.717, 1.165) is 19.1 Å². The Bertz CT molecular complexity index is 881. The van der Waals surface area contributed by atoms with Gasteiger partial charge < -0.3 is 14.5 Å². The molecule has 1 aromatic rings. The summed E-state index contributed by atoms with van der Waals surface area (Å²) >= 11 is 5.93. The average Bonchev–Trinajstić information content (AvgIpc) is 3.10. The molecule has 0 aliphatic carbocycles. The van der Waals surface area contributed by atoms with E-state index in [1.807, 2.05) is 0 Å². The molecule has 2 saturated heterocycles. The Morgan fingerprint density at radius 2 is 1.59 bits per heavy atom. The fourth-order valence-corrected chi connectivity index (χ4v) is 4.27. The Morgan fingerprint density at radius 1 is 1.03 bits per heavy atom. The van der Waals surface area contributed by atoms with Crippen LogP contribution in [0.3, 0.4) is 0 Å².